The highest BCUT2D eigenvalue weighted by Crippen LogP contribution is 2.09. The van der Waals surface area contributed by atoms with Crippen LogP contribution in [0.25, 0.3) is 0 Å². The number of amides is 1. The normalized spacial score (nSPS) is 21.3. The van der Waals surface area contributed by atoms with Crippen LogP contribution in [0.15, 0.2) is 0 Å². The largest absolute Gasteiger partial charge is 0.372 e. The molecule has 1 aliphatic heterocycles. The second kappa shape index (κ2) is 7.65. The lowest BCUT2D eigenvalue weighted by molar-refractivity contribution is -0.125. The Balaban J connectivity index is 1.93. The quantitative estimate of drug-likeness (QED) is 0.639. The van der Waals surface area contributed by atoms with Gasteiger partial charge in [-0.2, -0.15) is 0 Å². The molecule has 1 fully saturated rings. The van der Waals surface area contributed by atoms with Gasteiger partial charge in [0.1, 0.15) is 6.61 Å². The lowest BCUT2D eigenvalue weighted by Crippen LogP contribution is -2.35. The van der Waals surface area contributed by atoms with Crippen molar-refractivity contribution in [2.24, 2.45) is 0 Å². The van der Waals surface area contributed by atoms with E-state index in [0.717, 1.165) is 13.0 Å². The van der Waals surface area contributed by atoms with Gasteiger partial charge in [-0.1, -0.05) is 6.42 Å². The fraction of sp³-hybridized carbons (Fsp3) is 0.909. The Hall–Kier alpha value is -0.610. The van der Waals surface area contributed by atoms with Crippen LogP contribution in [0, 0.1) is 0 Å². The molecular weight excluding hydrogens is 192 g/mol. The van der Waals surface area contributed by atoms with Crippen LogP contribution in [0.5, 0.6) is 0 Å². The van der Waals surface area contributed by atoms with Gasteiger partial charge in [0.15, 0.2) is 0 Å². The van der Waals surface area contributed by atoms with Crippen LogP contribution >= 0.6 is 0 Å². The molecule has 1 heterocycles. The Morgan fingerprint density at radius 3 is 3.07 bits per heavy atom. The summed E-state index contributed by atoms with van der Waals surface area (Å²) in [6, 6.07) is 0.591. The van der Waals surface area contributed by atoms with Crippen molar-refractivity contribution in [1.29, 1.82) is 0 Å². The van der Waals surface area contributed by atoms with Crippen LogP contribution in [-0.4, -0.2) is 38.3 Å². The SMILES string of the molecule is CCNC(=O)COCCC1CCCCN1. The minimum absolute atomic E-state index is 0.0193. The third-order valence-electron chi connectivity index (χ3n) is 2.63. The molecule has 0 aliphatic carbocycles. The third kappa shape index (κ3) is 5.74. The highest BCUT2D eigenvalue weighted by atomic mass is 16.5. The topological polar surface area (TPSA) is 50.4 Å². The van der Waals surface area contributed by atoms with Gasteiger partial charge in [0, 0.05) is 19.2 Å². The zero-order chi connectivity index (χ0) is 10.9. The molecule has 0 aromatic carbocycles. The van der Waals surface area contributed by atoms with Crippen molar-refractivity contribution < 1.29 is 9.53 Å². The maximum atomic E-state index is 11.0. The van der Waals surface area contributed by atoms with E-state index < -0.39 is 0 Å². The maximum absolute atomic E-state index is 11.0. The first kappa shape index (κ1) is 12.5. The summed E-state index contributed by atoms with van der Waals surface area (Å²) in [6.45, 7) is 4.58. The van der Waals surface area contributed by atoms with Crippen LogP contribution in [0.1, 0.15) is 32.6 Å². The van der Waals surface area contributed by atoms with Crippen molar-refractivity contribution in [2.75, 3.05) is 26.3 Å². The molecule has 1 saturated heterocycles. The minimum atomic E-state index is -0.0193. The number of rotatable bonds is 6. The number of piperidine rings is 1. The van der Waals surface area contributed by atoms with Crippen LogP contribution in [0.4, 0.5) is 0 Å². The van der Waals surface area contributed by atoms with E-state index in [0.29, 0.717) is 19.2 Å². The Morgan fingerprint density at radius 2 is 2.40 bits per heavy atom. The Labute approximate surface area is 91.8 Å². The lowest BCUT2D eigenvalue weighted by atomic mass is 10.0. The molecule has 0 radical (unpaired) electrons. The summed E-state index contributed by atoms with van der Waals surface area (Å²) in [4.78, 5) is 11.0. The first-order chi connectivity index (χ1) is 7.33. The van der Waals surface area contributed by atoms with Crippen molar-refractivity contribution in [1.82, 2.24) is 10.6 Å². The van der Waals surface area contributed by atoms with Gasteiger partial charge in [0.25, 0.3) is 0 Å². The van der Waals surface area contributed by atoms with E-state index >= 15 is 0 Å². The molecule has 4 heteroatoms. The summed E-state index contributed by atoms with van der Waals surface area (Å²) in [5.74, 6) is -0.0193. The van der Waals surface area contributed by atoms with E-state index in [2.05, 4.69) is 10.6 Å². The van der Waals surface area contributed by atoms with Crippen LogP contribution in [-0.2, 0) is 9.53 Å². The minimum Gasteiger partial charge on any atom is -0.372 e. The Kier molecular flexibility index (Phi) is 6.36. The van der Waals surface area contributed by atoms with Crippen molar-refractivity contribution in [3.05, 3.63) is 0 Å². The van der Waals surface area contributed by atoms with E-state index in [-0.39, 0.29) is 12.5 Å². The van der Waals surface area contributed by atoms with Crippen molar-refractivity contribution in [3.8, 4) is 0 Å². The van der Waals surface area contributed by atoms with Crippen molar-refractivity contribution in [3.63, 3.8) is 0 Å². The predicted octanol–water partition coefficient (Wildman–Crippen LogP) is 0.671. The molecule has 0 bridgehead atoms. The number of likely N-dealkylation sites (N-methyl/N-ethyl adjacent to an activating group) is 1. The molecule has 88 valence electrons. The van der Waals surface area contributed by atoms with Gasteiger partial charge in [-0.3, -0.25) is 4.79 Å². The predicted molar refractivity (Wildman–Crippen MR) is 59.8 cm³/mol. The molecule has 0 saturated carbocycles. The summed E-state index contributed by atoms with van der Waals surface area (Å²) >= 11 is 0. The first-order valence-electron chi connectivity index (χ1n) is 5.90. The highest BCUT2D eigenvalue weighted by Gasteiger charge is 2.11. The van der Waals surface area contributed by atoms with Crippen LogP contribution in [0.2, 0.25) is 0 Å². The summed E-state index contributed by atoms with van der Waals surface area (Å²) < 4.78 is 5.30. The summed E-state index contributed by atoms with van der Waals surface area (Å²) in [6.07, 6.45) is 4.86. The van der Waals surface area contributed by atoms with E-state index in [9.17, 15) is 4.79 Å². The number of ether oxygens (including phenoxy) is 1. The van der Waals surface area contributed by atoms with Gasteiger partial charge in [0.05, 0.1) is 0 Å². The maximum Gasteiger partial charge on any atom is 0.245 e. The van der Waals surface area contributed by atoms with Crippen molar-refractivity contribution >= 4 is 5.91 Å². The monoisotopic (exact) mass is 214 g/mol. The first-order valence-corrected chi connectivity index (χ1v) is 5.90. The molecule has 4 nitrogen and oxygen atoms in total. The zero-order valence-electron chi connectivity index (χ0n) is 9.55. The standard InChI is InChI=1S/C11H22N2O2/c1-2-12-11(14)9-15-8-6-10-5-3-4-7-13-10/h10,13H,2-9H2,1H3,(H,12,14). The van der Waals surface area contributed by atoms with Crippen LogP contribution in [0.3, 0.4) is 0 Å². The Bertz CT molecular complexity index is 179. The third-order valence-corrected chi connectivity index (χ3v) is 2.63. The molecule has 1 aliphatic rings. The van der Waals surface area contributed by atoms with Gasteiger partial charge in [-0.15, -0.1) is 0 Å². The van der Waals surface area contributed by atoms with E-state index in [1.54, 1.807) is 0 Å². The molecule has 1 unspecified atom stereocenters. The van der Waals surface area contributed by atoms with Gasteiger partial charge < -0.3 is 15.4 Å². The number of hydrogen-bond donors (Lipinski definition) is 2. The average molecular weight is 214 g/mol. The lowest BCUT2D eigenvalue weighted by Gasteiger charge is -2.23. The van der Waals surface area contributed by atoms with Gasteiger partial charge in [-0.25, -0.2) is 0 Å². The average Bonchev–Trinajstić information content (AvgIpc) is 2.26. The van der Waals surface area contributed by atoms with Gasteiger partial charge in [0.2, 0.25) is 5.91 Å². The molecule has 0 aromatic heterocycles. The van der Waals surface area contributed by atoms with Crippen molar-refractivity contribution in [2.45, 2.75) is 38.6 Å². The molecule has 15 heavy (non-hydrogen) atoms. The molecule has 0 aromatic rings. The van der Waals surface area contributed by atoms with E-state index in [4.69, 9.17) is 4.74 Å². The second-order valence-corrected chi connectivity index (χ2v) is 3.94. The van der Waals surface area contributed by atoms with E-state index in [1.165, 1.54) is 19.3 Å². The summed E-state index contributed by atoms with van der Waals surface area (Å²) in [5.41, 5.74) is 0. The molecule has 2 N–H and O–H groups in total. The number of hydrogen-bond acceptors (Lipinski definition) is 3. The number of carbonyl (C=O) groups is 1. The van der Waals surface area contributed by atoms with Gasteiger partial charge in [-0.05, 0) is 32.7 Å². The molecule has 0 spiro atoms. The zero-order valence-corrected chi connectivity index (χ0v) is 9.55. The number of carbonyl (C=O) groups excluding carboxylic acids is 1. The smallest absolute Gasteiger partial charge is 0.245 e. The Morgan fingerprint density at radius 1 is 1.53 bits per heavy atom. The summed E-state index contributed by atoms with van der Waals surface area (Å²) in [7, 11) is 0. The fourth-order valence-electron chi connectivity index (χ4n) is 1.81. The molecule has 1 rings (SSSR count). The number of nitrogens with one attached hydrogen (secondary N) is 2. The molecule has 1 atom stereocenters. The highest BCUT2D eigenvalue weighted by molar-refractivity contribution is 5.77. The fourth-order valence-corrected chi connectivity index (χ4v) is 1.81. The second-order valence-electron chi connectivity index (χ2n) is 3.94. The molecule has 1 amide bonds. The molecular formula is C11H22N2O2. The van der Waals surface area contributed by atoms with E-state index in [1.807, 2.05) is 6.92 Å². The summed E-state index contributed by atoms with van der Waals surface area (Å²) in [5, 5.41) is 6.16. The van der Waals surface area contributed by atoms with Crippen LogP contribution < -0.4 is 10.6 Å². The van der Waals surface area contributed by atoms with Gasteiger partial charge >= 0.3 is 0 Å².